The average molecular weight is 235 g/mol. The summed E-state index contributed by atoms with van der Waals surface area (Å²) in [5.74, 6) is -0.624. The van der Waals surface area contributed by atoms with Crippen LogP contribution in [0, 0.1) is 6.92 Å². The summed E-state index contributed by atoms with van der Waals surface area (Å²) >= 11 is 0. The number of amides is 1. The normalized spacial score (nSPS) is 10.2. The van der Waals surface area contributed by atoms with Crippen LogP contribution < -0.4 is 5.32 Å². The van der Waals surface area contributed by atoms with E-state index in [0.717, 1.165) is 5.56 Å². The first-order valence-electron chi connectivity index (χ1n) is 5.48. The molecule has 0 saturated carbocycles. The molecule has 0 radical (unpaired) electrons. The van der Waals surface area contributed by atoms with Gasteiger partial charge in [0.25, 0.3) is 5.91 Å². The highest BCUT2D eigenvalue weighted by Crippen LogP contribution is 2.12. The molecule has 0 aliphatic heterocycles. The molecule has 1 amide bonds. The van der Waals surface area contributed by atoms with Gasteiger partial charge >= 0.3 is 5.97 Å². The first kappa shape index (κ1) is 13.2. The topological polar surface area (TPSA) is 55.4 Å². The highest BCUT2D eigenvalue weighted by molar-refractivity contribution is 5.98. The molecule has 0 bridgehead atoms. The van der Waals surface area contributed by atoms with Gasteiger partial charge in [0, 0.05) is 12.6 Å². The Morgan fingerprint density at radius 2 is 1.76 bits per heavy atom. The third-order valence-corrected chi connectivity index (χ3v) is 2.15. The summed E-state index contributed by atoms with van der Waals surface area (Å²) < 4.78 is 5.09. The zero-order valence-electron chi connectivity index (χ0n) is 10.5. The molecular formula is C13H17NO3. The summed E-state index contributed by atoms with van der Waals surface area (Å²) in [6.07, 6.45) is -0.175. The van der Waals surface area contributed by atoms with E-state index < -0.39 is 5.97 Å². The highest BCUT2D eigenvalue weighted by Gasteiger charge is 2.13. The zero-order chi connectivity index (χ0) is 13.0. The minimum Gasteiger partial charge on any atom is -0.459 e. The fourth-order valence-corrected chi connectivity index (χ4v) is 1.46. The van der Waals surface area contributed by atoms with E-state index in [9.17, 15) is 9.59 Å². The summed E-state index contributed by atoms with van der Waals surface area (Å²) in [4.78, 5) is 23.2. The number of hydrogen-bond donors (Lipinski definition) is 1. The van der Waals surface area contributed by atoms with Crippen LogP contribution in [0.25, 0.3) is 0 Å². The summed E-state index contributed by atoms with van der Waals surface area (Å²) in [6, 6.07) is 4.97. The summed E-state index contributed by atoms with van der Waals surface area (Å²) in [7, 11) is 1.55. The fraction of sp³-hybridized carbons (Fsp3) is 0.385. The lowest BCUT2D eigenvalue weighted by molar-refractivity contribution is 0.0378. The molecule has 0 saturated heterocycles. The molecule has 0 atom stereocenters. The van der Waals surface area contributed by atoms with Gasteiger partial charge in [-0.2, -0.15) is 0 Å². The number of nitrogens with one attached hydrogen (secondary N) is 1. The SMILES string of the molecule is CNC(=O)c1cc(C)cc(C(=O)OC(C)C)c1. The summed E-state index contributed by atoms with van der Waals surface area (Å²) in [5, 5.41) is 2.52. The Bertz CT molecular complexity index is 438. The molecule has 1 rings (SSSR count). The van der Waals surface area contributed by atoms with Crippen LogP contribution in [0.5, 0.6) is 0 Å². The van der Waals surface area contributed by atoms with Crippen molar-refractivity contribution in [2.75, 3.05) is 7.05 Å². The van der Waals surface area contributed by atoms with Gasteiger partial charge in [-0.1, -0.05) is 0 Å². The number of benzene rings is 1. The van der Waals surface area contributed by atoms with Crippen LogP contribution in [0.15, 0.2) is 18.2 Å². The first-order chi connectivity index (χ1) is 7.93. The lowest BCUT2D eigenvalue weighted by Crippen LogP contribution is -2.19. The Kier molecular flexibility index (Phi) is 4.26. The molecule has 0 aliphatic rings. The molecule has 92 valence electrons. The Morgan fingerprint density at radius 1 is 1.18 bits per heavy atom. The predicted molar refractivity (Wildman–Crippen MR) is 65.1 cm³/mol. The van der Waals surface area contributed by atoms with Gasteiger partial charge < -0.3 is 10.1 Å². The van der Waals surface area contributed by atoms with Crippen molar-refractivity contribution in [3.05, 3.63) is 34.9 Å². The number of ether oxygens (including phenoxy) is 1. The van der Waals surface area contributed by atoms with Gasteiger partial charge in [-0.3, -0.25) is 4.79 Å². The summed E-state index contributed by atoms with van der Waals surface area (Å²) in [5.41, 5.74) is 1.71. The monoisotopic (exact) mass is 235 g/mol. The van der Waals surface area contributed by atoms with Gasteiger partial charge in [0.1, 0.15) is 0 Å². The van der Waals surface area contributed by atoms with Crippen LogP contribution in [0.1, 0.15) is 40.1 Å². The second kappa shape index (κ2) is 5.48. The van der Waals surface area contributed by atoms with Crippen LogP contribution in [-0.4, -0.2) is 25.0 Å². The molecule has 0 heterocycles. The first-order valence-corrected chi connectivity index (χ1v) is 5.48. The number of carbonyl (C=O) groups is 2. The zero-order valence-corrected chi connectivity index (χ0v) is 10.5. The molecule has 4 heteroatoms. The molecule has 17 heavy (non-hydrogen) atoms. The Hall–Kier alpha value is -1.84. The average Bonchev–Trinajstić information content (AvgIpc) is 2.26. The lowest BCUT2D eigenvalue weighted by Gasteiger charge is -2.09. The van der Waals surface area contributed by atoms with Crippen LogP contribution in [0.3, 0.4) is 0 Å². The molecule has 1 aromatic carbocycles. The lowest BCUT2D eigenvalue weighted by atomic mass is 10.1. The van der Waals surface area contributed by atoms with E-state index in [-0.39, 0.29) is 12.0 Å². The van der Waals surface area contributed by atoms with Gasteiger partial charge in [0.2, 0.25) is 0 Å². The van der Waals surface area contributed by atoms with E-state index >= 15 is 0 Å². The second-order valence-corrected chi connectivity index (χ2v) is 4.12. The van der Waals surface area contributed by atoms with E-state index in [4.69, 9.17) is 4.74 Å². The number of aryl methyl sites for hydroxylation is 1. The molecule has 0 spiro atoms. The van der Waals surface area contributed by atoms with Crippen LogP contribution >= 0.6 is 0 Å². The second-order valence-electron chi connectivity index (χ2n) is 4.12. The fourth-order valence-electron chi connectivity index (χ4n) is 1.46. The molecule has 0 unspecified atom stereocenters. The van der Waals surface area contributed by atoms with Gasteiger partial charge in [-0.15, -0.1) is 0 Å². The van der Waals surface area contributed by atoms with Crippen molar-refractivity contribution in [3.63, 3.8) is 0 Å². The molecule has 0 fully saturated rings. The number of rotatable bonds is 3. The van der Waals surface area contributed by atoms with Crippen LogP contribution in [0.2, 0.25) is 0 Å². The maximum atomic E-state index is 11.7. The van der Waals surface area contributed by atoms with E-state index in [1.54, 1.807) is 33.0 Å². The Balaban J connectivity index is 3.05. The van der Waals surface area contributed by atoms with Crippen LogP contribution in [-0.2, 0) is 4.74 Å². The standard InChI is InChI=1S/C13H17NO3/c1-8(2)17-13(16)11-6-9(3)5-10(7-11)12(15)14-4/h5-8H,1-4H3,(H,14,15). The van der Waals surface area contributed by atoms with Crippen molar-refractivity contribution in [1.29, 1.82) is 0 Å². The van der Waals surface area contributed by atoms with Gasteiger partial charge in [0.05, 0.1) is 11.7 Å². The van der Waals surface area contributed by atoms with Crippen molar-refractivity contribution in [1.82, 2.24) is 5.32 Å². The molecular weight excluding hydrogens is 218 g/mol. The number of esters is 1. The van der Waals surface area contributed by atoms with E-state index in [1.165, 1.54) is 6.07 Å². The molecule has 4 nitrogen and oxygen atoms in total. The van der Waals surface area contributed by atoms with E-state index in [1.807, 2.05) is 6.92 Å². The third-order valence-electron chi connectivity index (χ3n) is 2.15. The Labute approximate surface area is 101 Å². The maximum absolute atomic E-state index is 11.7. The highest BCUT2D eigenvalue weighted by atomic mass is 16.5. The molecule has 1 aromatic rings. The van der Waals surface area contributed by atoms with Crippen molar-refractivity contribution >= 4 is 11.9 Å². The minimum absolute atomic E-state index is 0.175. The van der Waals surface area contributed by atoms with Gasteiger partial charge in [-0.25, -0.2) is 4.79 Å². The number of carbonyl (C=O) groups excluding carboxylic acids is 2. The summed E-state index contributed by atoms with van der Waals surface area (Å²) in [6.45, 7) is 5.40. The maximum Gasteiger partial charge on any atom is 0.338 e. The van der Waals surface area contributed by atoms with E-state index in [0.29, 0.717) is 11.1 Å². The third kappa shape index (κ3) is 3.59. The molecule has 1 N–H and O–H groups in total. The quantitative estimate of drug-likeness (QED) is 0.814. The predicted octanol–water partition coefficient (Wildman–Crippen LogP) is 1.92. The van der Waals surface area contributed by atoms with Gasteiger partial charge in [0.15, 0.2) is 0 Å². The van der Waals surface area contributed by atoms with Gasteiger partial charge in [-0.05, 0) is 44.5 Å². The van der Waals surface area contributed by atoms with Crippen molar-refractivity contribution < 1.29 is 14.3 Å². The Morgan fingerprint density at radius 3 is 2.29 bits per heavy atom. The smallest absolute Gasteiger partial charge is 0.338 e. The minimum atomic E-state index is -0.408. The molecule has 0 aliphatic carbocycles. The van der Waals surface area contributed by atoms with E-state index in [2.05, 4.69) is 5.32 Å². The molecule has 0 aromatic heterocycles. The van der Waals surface area contributed by atoms with Crippen molar-refractivity contribution in [2.24, 2.45) is 0 Å². The largest absolute Gasteiger partial charge is 0.459 e. The number of hydrogen-bond acceptors (Lipinski definition) is 3. The van der Waals surface area contributed by atoms with Crippen molar-refractivity contribution in [3.8, 4) is 0 Å². The van der Waals surface area contributed by atoms with Crippen molar-refractivity contribution in [2.45, 2.75) is 26.9 Å². The van der Waals surface area contributed by atoms with Crippen LogP contribution in [0.4, 0.5) is 0 Å².